The van der Waals surface area contributed by atoms with Gasteiger partial charge in [-0.05, 0) is 18.9 Å². The zero-order valence-corrected chi connectivity index (χ0v) is 13.9. The molecule has 0 amide bonds. The van der Waals surface area contributed by atoms with Crippen LogP contribution in [0.25, 0.3) is 0 Å². The van der Waals surface area contributed by atoms with Crippen LogP contribution in [-0.2, 0) is 4.79 Å². The molecule has 0 radical (unpaired) electrons. The van der Waals surface area contributed by atoms with Crippen molar-refractivity contribution in [1.29, 1.82) is 0 Å². The highest BCUT2D eigenvalue weighted by molar-refractivity contribution is 5.65. The van der Waals surface area contributed by atoms with Crippen LogP contribution in [0.15, 0.2) is 36.5 Å². The van der Waals surface area contributed by atoms with Gasteiger partial charge in [-0.1, -0.05) is 102 Å². The SMILES string of the molecule is CCCCCCCCCCCCCC=CC=CC=CC=O. The monoisotopic (exact) mass is 290 g/mol. The van der Waals surface area contributed by atoms with Gasteiger partial charge in [0.2, 0.25) is 0 Å². The molecule has 1 heteroatoms. The Morgan fingerprint density at radius 1 is 0.571 bits per heavy atom. The fourth-order valence-electron chi connectivity index (χ4n) is 2.34. The first-order valence-electron chi connectivity index (χ1n) is 8.85. The Kier molecular flexibility index (Phi) is 17.9. The van der Waals surface area contributed by atoms with Gasteiger partial charge in [-0.25, -0.2) is 0 Å². The van der Waals surface area contributed by atoms with Gasteiger partial charge in [0.1, 0.15) is 6.29 Å². The number of rotatable bonds is 15. The largest absolute Gasteiger partial charge is 0.299 e. The molecule has 0 spiro atoms. The van der Waals surface area contributed by atoms with Crippen molar-refractivity contribution in [3.8, 4) is 0 Å². The normalized spacial score (nSPS) is 12.0. The minimum Gasteiger partial charge on any atom is -0.299 e. The molecule has 0 bridgehead atoms. The Balaban J connectivity index is 3.15. The second kappa shape index (κ2) is 18.9. The van der Waals surface area contributed by atoms with E-state index in [-0.39, 0.29) is 0 Å². The van der Waals surface area contributed by atoms with Crippen LogP contribution in [0.5, 0.6) is 0 Å². The number of hydrogen-bond acceptors (Lipinski definition) is 1. The molecule has 0 aliphatic carbocycles. The van der Waals surface area contributed by atoms with Gasteiger partial charge in [0.05, 0.1) is 0 Å². The summed E-state index contributed by atoms with van der Waals surface area (Å²) in [6.45, 7) is 2.27. The summed E-state index contributed by atoms with van der Waals surface area (Å²) in [5.41, 5.74) is 0. The van der Waals surface area contributed by atoms with Crippen molar-refractivity contribution in [2.24, 2.45) is 0 Å². The minimum absolute atomic E-state index is 0.791. The molecule has 0 rings (SSSR count). The predicted octanol–water partition coefficient (Wildman–Crippen LogP) is 6.56. The van der Waals surface area contributed by atoms with Gasteiger partial charge in [0.25, 0.3) is 0 Å². The maximum Gasteiger partial charge on any atom is 0.142 e. The van der Waals surface area contributed by atoms with Gasteiger partial charge in [-0.15, -0.1) is 0 Å². The molecule has 0 aromatic rings. The number of aldehydes is 1. The Labute approximate surface area is 132 Å². The van der Waals surface area contributed by atoms with Crippen LogP contribution in [0.2, 0.25) is 0 Å². The molecule has 0 unspecified atom stereocenters. The van der Waals surface area contributed by atoms with Gasteiger partial charge in [0.15, 0.2) is 0 Å². The minimum atomic E-state index is 0.791. The summed E-state index contributed by atoms with van der Waals surface area (Å²) in [6.07, 6.45) is 28.7. The van der Waals surface area contributed by atoms with E-state index >= 15 is 0 Å². The first-order chi connectivity index (χ1) is 10.4. The van der Waals surface area contributed by atoms with E-state index in [4.69, 9.17) is 0 Å². The quantitative estimate of drug-likeness (QED) is 0.144. The van der Waals surface area contributed by atoms with Gasteiger partial charge in [-0.2, -0.15) is 0 Å². The van der Waals surface area contributed by atoms with Gasteiger partial charge in [0, 0.05) is 0 Å². The summed E-state index contributed by atoms with van der Waals surface area (Å²) in [5.74, 6) is 0. The number of unbranched alkanes of at least 4 members (excludes halogenated alkanes) is 11. The van der Waals surface area contributed by atoms with Crippen LogP contribution < -0.4 is 0 Å². The third-order valence-corrected chi connectivity index (χ3v) is 3.63. The molecule has 0 saturated heterocycles. The van der Waals surface area contributed by atoms with Crippen molar-refractivity contribution in [2.45, 2.75) is 84.0 Å². The molecule has 0 aliphatic heterocycles. The van der Waals surface area contributed by atoms with Crippen LogP contribution in [0.4, 0.5) is 0 Å². The first kappa shape index (κ1) is 19.9. The predicted molar refractivity (Wildman–Crippen MR) is 94.6 cm³/mol. The van der Waals surface area contributed by atoms with Gasteiger partial charge >= 0.3 is 0 Å². The molecular formula is C20H34O. The topological polar surface area (TPSA) is 17.1 Å². The smallest absolute Gasteiger partial charge is 0.142 e. The van der Waals surface area contributed by atoms with E-state index in [1.807, 2.05) is 12.2 Å². The molecule has 0 atom stereocenters. The average molecular weight is 290 g/mol. The first-order valence-corrected chi connectivity index (χ1v) is 8.85. The molecule has 0 aliphatic rings. The highest BCUT2D eigenvalue weighted by Gasteiger charge is 1.92. The van der Waals surface area contributed by atoms with E-state index < -0.39 is 0 Å². The third kappa shape index (κ3) is 18.9. The Morgan fingerprint density at radius 3 is 1.62 bits per heavy atom. The van der Waals surface area contributed by atoms with Crippen molar-refractivity contribution in [1.82, 2.24) is 0 Å². The standard InChI is InChI=1S/C20H34O/c1-2-3-4-5-6-7-8-9-10-11-12-13-14-15-16-17-18-19-20-21/h14-20H,2-13H2,1H3. The van der Waals surface area contributed by atoms with E-state index in [0.29, 0.717) is 0 Å². The second-order valence-electron chi connectivity index (χ2n) is 5.66. The van der Waals surface area contributed by atoms with Crippen molar-refractivity contribution in [2.75, 3.05) is 0 Å². The van der Waals surface area contributed by atoms with Crippen LogP contribution in [0, 0.1) is 0 Å². The van der Waals surface area contributed by atoms with Crippen LogP contribution in [0.1, 0.15) is 84.0 Å². The molecule has 0 aromatic heterocycles. The molecular weight excluding hydrogens is 256 g/mol. The maximum atomic E-state index is 10.0. The van der Waals surface area contributed by atoms with Crippen molar-refractivity contribution < 1.29 is 4.79 Å². The third-order valence-electron chi connectivity index (χ3n) is 3.63. The van der Waals surface area contributed by atoms with Crippen LogP contribution >= 0.6 is 0 Å². The van der Waals surface area contributed by atoms with Crippen molar-refractivity contribution in [3.05, 3.63) is 36.5 Å². The molecule has 0 aromatic carbocycles. The zero-order chi connectivity index (χ0) is 15.4. The fraction of sp³-hybridized carbons (Fsp3) is 0.650. The summed E-state index contributed by atoms with van der Waals surface area (Å²) in [6, 6.07) is 0. The average Bonchev–Trinajstić information content (AvgIpc) is 2.50. The lowest BCUT2D eigenvalue weighted by Crippen LogP contribution is -1.81. The summed E-state index contributed by atoms with van der Waals surface area (Å²) < 4.78 is 0. The fourth-order valence-corrected chi connectivity index (χ4v) is 2.34. The lowest BCUT2D eigenvalue weighted by molar-refractivity contribution is -0.104. The molecule has 0 fully saturated rings. The molecule has 0 N–H and O–H groups in total. The number of hydrogen-bond donors (Lipinski definition) is 0. The van der Waals surface area contributed by atoms with Gasteiger partial charge < -0.3 is 0 Å². The van der Waals surface area contributed by atoms with Crippen molar-refractivity contribution >= 4 is 6.29 Å². The van der Waals surface area contributed by atoms with E-state index in [9.17, 15) is 4.79 Å². The van der Waals surface area contributed by atoms with Crippen LogP contribution in [-0.4, -0.2) is 6.29 Å². The Hall–Kier alpha value is -1.11. The van der Waals surface area contributed by atoms with E-state index in [1.54, 1.807) is 6.08 Å². The molecule has 1 nitrogen and oxygen atoms in total. The molecule has 0 saturated carbocycles. The highest BCUT2D eigenvalue weighted by atomic mass is 16.1. The van der Waals surface area contributed by atoms with Crippen molar-refractivity contribution in [3.63, 3.8) is 0 Å². The van der Waals surface area contributed by atoms with Crippen LogP contribution in [0.3, 0.4) is 0 Å². The van der Waals surface area contributed by atoms with E-state index in [0.717, 1.165) is 6.29 Å². The summed E-state index contributed by atoms with van der Waals surface area (Å²) >= 11 is 0. The highest BCUT2D eigenvalue weighted by Crippen LogP contribution is 2.11. The van der Waals surface area contributed by atoms with E-state index in [2.05, 4.69) is 19.1 Å². The lowest BCUT2D eigenvalue weighted by atomic mass is 10.1. The van der Waals surface area contributed by atoms with Gasteiger partial charge in [-0.3, -0.25) is 4.79 Å². The molecule has 120 valence electrons. The number of carbonyl (C=O) groups is 1. The summed E-state index contributed by atoms with van der Waals surface area (Å²) in [4.78, 5) is 10.0. The lowest BCUT2D eigenvalue weighted by Gasteiger charge is -2.01. The number of allylic oxidation sites excluding steroid dienone is 6. The molecule has 21 heavy (non-hydrogen) atoms. The zero-order valence-electron chi connectivity index (χ0n) is 13.9. The molecule has 0 heterocycles. The summed E-state index contributed by atoms with van der Waals surface area (Å²) in [7, 11) is 0. The maximum absolute atomic E-state index is 10.0. The summed E-state index contributed by atoms with van der Waals surface area (Å²) in [5, 5.41) is 0. The van der Waals surface area contributed by atoms with E-state index in [1.165, 1.54) is 83.1 Å². The Morgan fingerprint density at radius 2 is 1.05 bits per heavy atom. The Bertz CT molecular complexity index is 286. The number of carbonyl (C=O) groups excluding carboxylic acids is 1. The second-order valence-corrected chi connectivity index (χ2v) is 5.66.